The van der Waals surface area contributed by atoms with Crippen molar-refractivity contribution >= 4 is 11.8 Å². The van der Waals surface area contributed by atoms with Crippen molar-refractivity contribution in [2.45, 2.75) is 32.2 Å². The van der Waals surface area contributed by atoms with Crippen LogP contribution >= 0.6 is 0 Å². The van der Waals surface area contributed by atoms with Crippen LogP contribution in [0.1, 0.15) is 26.2 Å². The van der Waals surface area contributed by atoms with Crippen molar-refractivity contribution in [3.8, 4) is 0 Å². The number of hydrogen-bond donors (Lipinski definition) is 1. The van der Waals surface area contributed by atoms with Crippen LogP contribution in [0, 0.1) is 0 Å². The number of hydrogen-bond acceptors (Lipinski definition) is 4. The summed E-state index contributed by atoms with van der Waals surface area (Å²) in [7, 11) is 4.93. The maximum absolute atomic E-state index is 12.0. The third-order valence-corrected chi connectivity index (χ3v) is 2.79. The molecule has 2 amide bonds. The molecule has 2 N–H and O–H groups in total. The molecule has 0 rings (SSSR count). The summed E-state index contributed by atoms with van der Waals surface area (Å²) < 4.78 is 4.97. The van der Waals surface area contributed by atoms with E-state index in [1.807, 2.05) is 6.92 Å². The summed E-state index contributed by atoms with van der Waals surface area (Å²) >= 11 is 0. The van der Waals surface area contributed by atoms with E-state index in [4.69, 9.17) is 10.5 Å². The zero-order valence-electron chi connectivity index (χ0n) is 12.5. The molecule has 6 nitrogen and oxygen atoms in total. The largest absolute Gasteiger partial charge is 0.383 e. The lowest BCUT2D eigenvalue weighted by Gasteiger charge is -2.23. The van der Waals surface area contributed by atoms with E-state index in [0.29, 0.717) is 19.6 Å². The Hall–Kier alpha value is -1.14. The highest BCUT2D eigenvalue weighted by atomic mass is 16.5. The molecule has 0 fully saturated rings. The summed E-state index contributed by atoms with van der Waals surface area (Å²) in [6, 6.07) is 0.101. The fourth-order valence-electron chi connectivity index (χ4n) is 1.53. The Kier molecular flexibility index (Phi) is 9.16. The van der Waals surface area contributed by atoms with Crippen molar-refractivity contribution in [1.29, 1.82) is 0 Å². The van der Waals surface area contributed by atoms with Crippen molar-refractivity contribution in [3.05, 3.63) is 0 Å². The Morgan fingerprint density at radius 2 is 1.89 bits per heavy atom. The minimum Gasteiger partial charge on any atom is -0.383 e. The molecule has 0 saturated carbocycles. The molecule has 0 aliphatic rings. The van der Waals surface area contributed by atoms with Crippen molar-refractivity contribution in [2.24, 2.45) is 5.73 Å². The lowest BCUT2D eigenvalue weighted by atomic mass is 10.1. The van der Waals surface area contributed by atoms with E-state index in [1.165, 1.54) is 4.90 Å². The van der Waals surface area contributed by atoms with E-state index < -0.39 is 0 Å². The first-order chi connectivity index (χ1) is 8.88. The van der Waals surface area contributed by atoms with Crippen LogP contribution in [-0.2, 0) is 14.3 Å². The molecule has 112 valence electrons. The van der Waals surface area contributed by atoms with Gasteiger partial charge in [-0.15, -0.1) is 0 Å². The molecule has 0 aromatic carbocycles. The van der Waals surface area contributed by atoms with Crippen molar-refractivity contribution < 1.29 is 14.3 Å². The molecule has 19 heavy (non-hydrogen) atoms. The average Bonchev–Trinajstić information content (AvgIpc) is 2.33. The van der Waals surface area contributed by atoms with Crippen LogP contribution in [0.15, 0.2) is 0 Å². The van der Waals surface area contributed by atoms with Crippen LogP contribution in [0.3, 0.4) is 0 Å². The summed E-state index contributed by atoms with van der Waals surface area (Å²) in [5, 5.41) is 0. The van der Waals surface area contributed by atoms with Crippen LogP contribution in [0.2, 0.25) is 0 Å². The Bertz CT molecular complexity index is 280. The highest BCUT2D eigenvalue weighted by Crippen LogP contribution is 2.03. The minimum absolute atomic E-state index is 0.0205. The van der Waals surface area contributed by atoms with E-state index in [1.54, 1.807) is 26.1 Å². The second kappa shape index (κ2) is 9.75. The number of methoxy groups -OCH3 is 1. The van der Waals surface area contributed by atoms with E-state index in [0.717, 1.165) is 12.8 Å². The van der Waals surface area contributed by atoms with Crippen molar-refractivity contribution in [2.75, 3.05) is 40.9 Å². The van der Waals surface area contributed by atoms with Crippen molar-refractivity contribution in [1.82, 2.24) is 9.80 Å². The molecular formula is C13H27N3O3. The molecule has 0 aromatic heterocycles. The predicted octanol–water partition coefficient (Wildman–Crippen LogP) is 0.0671. The fraction of sp³-hybridized carbons (Fsp3) is 0.846. The van der Waals surface area contributed by atoms with Gasteiger partial charge in [0.15, 0.2) is 0 Å². The SMILES string of the molecule is COCCN(CC(=O)N(C)C)C(=O)CCCC(C)N. The zero-order valence-corrected chi connectivity index (χ0v) is 12.5. The van der Waals surface area contributed by atoms with Gasteiger partial charge in [-0.2, -0.15) is 0 Å². The van der Waals surface area contributed by atoms with Crippen molar-refractivity contribution in [3.63, 3.8) is 0 Å². The summed E-state index contributed by atoms with van der Waals surface area (Å²) in [6.45, 7) is 2.89. The lowest BCUT2D eigenvalue weighted by Crippen LogP contribution is -2.41. The molecule has 0 spiro atoms. The minimum atomic E-state index is -0.0864. The molecule has 0 bridgehead atoms. The zero-order chi connectivity index (χ0) is 14.8. The first-order valence-corrected chi connectivity index (χ1v) is 6.61. The van der Waals surface area contributed by atoms with E-state index in [2.05, 4.69) is 0 Å². The molecular weight excluding hydrogens is 246 g/mol. The molecule has 6 heteroatoms. The van der Waals surface area contributed by atoms with Gasteiger partial charge in [0, 0.05) is 40.2 Å². The second-order valence-corrected chi connectivity index (χ2v) is 4.97. The highest BCUT2D eigenvalue weighted by molar-refractivity contribution is 5.84. The number of carbonyl (C=O) groups is 2. The van der Waals surface area contributed by atoms with Gasteiger partial charge in [0.25, 0.3) is 0 Å². The number of rotatable bonds is 9. The number of nitrogens with zero attached hydrogens (tertiary/aromatic N) is 2. The molecule has 0 heterocycles. The first kappa shape index (κ1) is 17.9. The maximum atomic E-state index is 12.0. The fourth-order valence-corrected chi connectivity index (χ4v) is 1.53. The highest BCUT2D eigenvalue weighted by Gasteiger charge is 2.17. The van der Waals surface area contributed by atoms with Crippen LogP contribution < -0.4 is 5.73 Å². The van der Waals surface area contributed by atoms with Gasteiger partial charge < -0.3 is 20.3 Å². The van der Waals surface area contributed by atoms with Gasteiger partial charge in [-0.25, -0.2) is 0 Å². The number of amides is 2. The Balaban J connectivity index is 4.30. The van der Waals surface area contributed by atoms with Gasteiger partial charge in [0.05, 0.1) is 13.2 Å². The molecule has 0 aliphatic carbocycles. The van der Waals surface area contributed by atoms with Gasteiger partial charge in [0.2, 0.25) is 11.8 Å². The third-order valence-electron chi connectivity index (χ3n) is 2.79. The predicted molar refractivity (Wildman–Crippen MR) is 74.7 cm³/mol. The lowest BCUT2D eigenvalue weighted by molar-refractivity contribution is -0.139. The molecule has 0 radical (unpaired) electrons. The van der Waals surface area contributed by atoms with Crippen LogP contribution in [0.5, 0.6) is 0 Å². The first-order valence-electron chi connectivity index (χ1n) is 6.61. The molecule has 0 aliphatic heterocycles. The van der Waals surface area contributed by atoms with Gasteiger partial charge in [-0.1, -0.05) is 0 Å². The van der Waals surface area contributed by atoms with Gasteiger partial charge in [-0.3, -0.25) is 9.59 Å². The third kappa shape index (κ3) is 8.56. The number of nitrogens with two attached hydrogens (primary N) is 1. The standard InChI is InChI=1S/C13H27N3O3/c1-11(14)6-5-7-12(17)16(8-9-19-4)10-13(18)15(2)3/h11H,5-10,14H2,1-4H3. The normalized spacial score (nSPS) is 12.1. The topological polar surface area (TPSA) is 75.9 Å². The van der Waals surface area contributed by atoms with Gasteiger partial charge >= 0.3 is 0 Å². The Morgan fingerprint density at radius 1 is 1.26 bits per heavy atom. The average molecular weight is 273 g/mol. The molecule has 1 unspecified atom stereocenters. The van der Waals surface area contributed by atoms with Crippen LogP contribution in [0.25, 0.3) is 0 Å². The van der Waals surface area contributed by atoms with Crippen LogP contribution in [-0.4, -0.2) is 68.6 Å². The molecule has 0 saturated heterocycles. The smallest absolute Gasteiger partial charge is 0.241 e. The van der Waals surface area contributed by atoms with Gasteiger partial charge in [0.1, 0.15) is 0 Å². The maximum Gasteiger partial charge on any atom is 0.241 e. The molecule has 0 aromatic rings. The van der Waals surface area contributed by atoms with Gasteiger partial charge in [-0.05, 0) is 19.8 Å². The Morgan fingerprint density at radius 3 is 2.37 bits per heavy atom. The Labute approximate surface area is 115 Å². The quantitative estimate of drug-likeness (QED) is 0.645. The molecule has 1 atom stereocenters. The number of carbonyl (C=O) groups excluding carboxylic acids is 2. The number of ether oxygens (including phenoxy) is 1. The van der Waals surface area contributed by atoms with E-state index >= 15 is 0 Å². The summed E-state index contributed by atoms with van der Waals surface area (Å²) in [5.74, 6) is -0.107. The summed E-state index contributed by atoms with van der Waals surface area (Å²) in [5.41, 5.74) is 5.65. The van der Waals surface area contributed by atoms with E-state index in [-0.39, 0.29) is 24.4 Å². The number of likely N-dealkylation sites (N-methyl/N-ethyl adjacent to an activating group) is 1. The van der Waals surface area contributed by atoms with Crippen LogP contribution in [0.4, 0.5) is 0 Å². The monoisotopic (exact) mass is 273 g/mol. The summed E-state index contributed by atoms with van der Waals surface area (Å²) in [6.07, 6.45) is 1.98. The van der Waals surface area contributed by atoms with E-state index in [9.17, 15) is 9.59 Å². The summed E-state index contributed by atoms with van der Waals surface area (Å²) in [4.78, 5) is 26.8. The second-order valence-electron chi connectivity index (χ2n) is 4.97.